The number of carbonyl (C=O) groups is 1. The number of aliphatic hydroxyl groups is 1. The molecule has 1 aliphatic heterocycles. The SMILES string of the molecule is CC(=O)N1NC=C2C3CCC(O)C3CCC21. The van der Waals surface area contributed by atoms with E-state index in [1.807, 2.05) is 6.20 Å². The molecule has 88 valence electrons. The molecule has 0 radical (unpaired) electrons. The molecular weight excluding hydrogens is 204 g/mol. The number of carbonyl (C=O) groups excluding carboxylic acids is 1. The number of aliphatic hydroxyl groups excluding tert-OH is 1. The van der Waals surface area contributed by atoms with E-state index >= 15 is 0 Å². The summed E-state index contributed by atoms with van der Waals surface area (Å²) in [5.41, 5.74) is 4.40. The van der Waals surface area contributed by atoms with Crippen LogP contribution in [0.3, 0.4) is 0 Å². The smallest absolute Gasteiger partial charge is 0.238 e. The van der Waals surface area contributed by atoms with Gasteiger partial charge in [0, 0.05) is 13.1 Å². The Morgan fingerprint density at radius 1 is 1.44 bits per heavy atom. The minimum absolute atomic E-state index is 0.0771. The number of hydrazine groups is 1. The minimum atomic E-state index is -0.127. The highest BCUT2D eigenvalue weighted by Crippen LogP contribution is 2.47. The minimum Gasteiger partial charge on any atom is -0.393 e. The Kier molecular flexibility index (Phi) is 2.21. The Morgan fingerprint density at radius 3 is 3.00 bits per heavy atom. The van der Waals surface area contributed by atoms with E-state index < -0.39 is 0 Å². The molecule has 0 bridgehead atoms. The lowest BCUT2D eigenvalue weighted by atomic mass is 9.75. The topological polar surface area (TPSA) is 52.6 Å². The molecule has 0 aromatic heterocycles. The Hall–Kier alpha value is -1.03. The van der Waals surface area contributed by atoms with Crippen LogP contribution in [0.4, 0.5) is 0 Å². The third kappa shape index (κ3) is 1.29. The van der Waals surface area contributed by atoms with Crippen molar-refractivity contribution >= 4 is 5.91 Å². The molecule has 0 spiro atoms. The Morgan fingerprint density at radius 2 is 2.25 bits per heavy atom. The van der Waals surface area contributed by atoms with Crippen molar-refractivity contribution < 1.29 is 9.90 Å². The van der Waals surface area contributed by atoms with Crippen LogP contribution in [0.15, 0.2) is 11.8 Å². The van der Waals surface area contributed by atoms with Crippen LogP contribution in [0.2, 0.25) is 0 Å². The highest BCUT2D eigenvalue weighted by Gasteiger charge is 2.46. The van der Waals surface area contributed by atoms with E-state index in [9.17, 15) is 9.90 Å². The lowest BCUT2D eigenvalue weighted by Gasteiger charge is -2.36. The Bertz CT molecular complexity index is 353. The van der Waals surface area contributed by atoms with Crippen molar-refractivity contribution in [3.63, 3.8) is 0 Å². The van der Waals surface area contributed by atoms with E-state index in [0.29, 0.717) is 11.8 Å². The van der Waals surface area contributed by atoms with E-state index in [4.69, 9.17) is 0 Å². The van der Waals surface area contributed by atoms with Crippen molar-refractivity contribution in [1.29, 1.82) is 0 Å². The second-order valence-electron chi connectivity index (χ2n) is 5.17. The highest BCUT2D eigenvalue weighted by molar-refractivity contribution is 5.74. The largest absolute Gasteiger partial charge is 0.393 e. The first-order chi connectivity index (χ1) is 7.68. The number of hydrogen-bond donors (Lipinski definition) is 2. The molecule has 3 aliphatic rings. The number of nitrogens with one attached hydrogen (secondary N) is 1. The molecule has 0 aromatic carbocycles. The van der Waals surface area contributed by atoms with Crippen molar-refractivity contribution in [1.82, 2.24) is 10.4 Å². The molecule has 16 heavy (non-hydrogen) atoms. The molecule has 2 fully saturated rings. The molecule has 2 N–H and O–H groups in total. The van der Waals surface area contributed by atoms with E-state index in [-0.39, 0.29) is 18.1 Å². The average Bonchev–Trinajstić information content (AvgIpc) is 2.81. The van der Waals surface area contributed by atoms with Gasteiger partial charge in [0.05, 0.1) is 12.1 Å². The third-order valence-corrected chi connectivity index (χ3v) is 4.39. The summed E-state index contributed by atoms with van der Waals surface area (Å²) in [5.74, 6) is 0.995. The first-order valence-corrected chi connectivity index (χ1v) is 6.12. The van der Waals surface area contributed by atoms with Crippen LogP contribution < -0.4 is 5.43 Å². The van der Waals surface area contributed by atoms with Gasteiger partial charge in [-0.2, -0.15) is 0 Å². The number of nitrogens with zero attached hydrogens (tertiary/aromatic N) is 1. The van der Waals surface area contributed by atoms with Crippen LogP contribution in [0, 0.1) is 11.8 Å². The maximum atomic E-state index is 11.4. The molecule has 0 saturated heterocycles. The summed E-state index contributed by atoms with van der Waals surface area (Å²) in [7, 11) is 0. The molecule has 4 heteroatoms. The third-order valence-electron chi connectivity index (χ3n) is 4.39. The molecule has 2 aliphatic carbocycles. The van der Waals surface area contributed by atoms with Gasteiger partial charge in [0.1, 0.15) is 0 Å². The second kappa shape index (κ2) is 3.48. The van der Waals surface area contributed by atoms with Gasteiger partial charge in [-0.25, -0.2) is 5.01 Å². The molecule has 1 heterocycles. The molecular formula is C12H18N2O2. The van der Waals surface area contributed by atoms with Crippen molar-refractivity contribution in [2.75, 3.05) is 0 Å². The zero-order valence-electron chi connectivity index (χ0n) is 9.52. The van der Waals surface area contributed by atoms with Gasteiger partial charge >= 0.3 is 0 Å². The lowest BCUT2D eigenvalue weighted by Crippen LogP contribution is -2.45. The first kappa shape index (κ1) is 10.1. The van der Waals surface area contributed by atoms with E-state index in [1.54, 1.807) is 11.9 Å². The maximum absolute atomic E-state index is 11.4. The first-order valence-electron chi connectivity index (χ1n) is 6.12. The molecule has 2 saturated carbocycles. The predicted octanol–water partition coefficient (Wildman–Crippen LogP) is 0.786. The number of amides is 1. The molecule has 0 aromatic rings. The van der Waals surface area contributed by atoms with Crippen LogP contribution >= 0.6 is 0 Å². The van der Waals surface area contributed by atoms with Gasteiger partial charge in [0.15, 0.2) is 0 Å². The molecule has 1 amide bonds. The number of fused-ring (bicyclic) bond motifs is 3. The van der Waals surface area contributed by atoms with Gasteiger partial charge in [0.25, 0.3) is 0 Å². The van der Waals surface area contributed by atoms with Crippen molar-refractivity contribution in [3.05, 3.63) is 11.8 Å². The van der Waals surface area contributed by atoms with E-state index in [2.05, 4.69) is 5.43 Å². The van der Waals surface area contributed by atoms with Gasteiger partial charge in [-0.3, -0.25) is 4.79 Å². The quantitative estimate of drug-likeness (QED) is 0.637. The van der Waals surface area contributed by atoms with Gasteiger partial charge < -0.3 is 10.5 Å². The normalized spacial score (nSPS) is 41.1. The summed E-state index contributed by atoms with van der Waals surface area (Å²) >= 11 is 0. The van der Waals surface area contributed by atoms with Gasteiger partial charge in [-0.15, -0.1) is 0 Å². The number of rotatable bonds is 0. The van der Waals surface area contributed by atoms with E-state index in [1.165, 1.54) is 5.57 Å². The predicted molar refractivity (Wildman–Crippen MR) is 59.0 cm³/mol. The molecule has 4 unspecified atom stereocenters. The van der Waals surface area contributed by atoms with Crippen LogP contribution in [0.25, 0.3) is 0 Å². The monoisotopic (exact) mass is 222 g/mol. The fraction of sp³-hybridized carbons (Fsp3) is 0.750. The summed E-state index contributed by atoms with van der Waals surface area (Å²) in [6.07, 6.45) is 5.87. The zero-order valence-corrected chi connectivity index (χ0v) is 9.52. The Balaban J connectivity index is 1.83. The summed E-state index contributed by atoms with van der Waals surface area (Å²) in [4.78, 5) is 11.4. The highest BCUT2D eigenvalue weighted by atomic mass is 16.3. The zero-order chi connectivity index (χ0) is 11.3. The van der Waals surface area contributed by atoms with E-state index in [0.717, 1.165) is 25.7 Å². The summed E-state index contributed by atoms with van der Waals surface area (Å²) in [6.45, 7) is 1.60. The van der Waals surface area contributed by atoms with Gasteiger partial charge in [-0.1, -0.05) is 0 Å². The van der Waals surface area contributed by atoms with Crippen molar-refractivity contribution in [2.24, 2.45) is 11.8 Å². The molecule has 3 rings (SSSR count). The van der Waals surface area contributed by atoms with Crippen LogP contribution in [0.5, 0.6) is 0 Å². The van der Waals surface area contributed by atoms with Crippen molar-refractivity contribution in [3.8, 4) is 0 Å². The summed E-state index contributed by atoms with van der Waals surface area (Å²) < 4.78 is 0. The lowest BCUT2D eigenvalue weighted by molar-refractivity contribution is -0.132. The number of hydrogen-bond acceptors (Lipinski definition) is 3. The van der Waals surface area contributed by atoms with Gasteiger partial charge in [-0.05, 0) is 43.1 Å². The van der Waals surface area contributed by atoms with Crippen LogP contribution in [0.1, 0.15) is 32.6 Å². The molecule has 4 nitrogen and oxygen atoms in total. The fourth-order valence-electron chi connectivity index (χ4n) is 3.64. The fourth-order valence-corrected chi connectivity index (χ4v) is 3.64. The Labute approximate surface area is 95.3 Å². The van der Waals surface area contributed by atoms with Crippen LogP contribution in [-0.4, -0.2) is 28.2 Å². The molecule has 4 atom stereocenters. The second-order valence-corrected chi connectivity index (χ2v) is 5.17. The van der Waals surface area contributed by atoms with Crippen molar-refractivity contribution in [2.45, 2.75) is 44.8 Å². The summed E-state index contributed by atoms with van der Waals surface area (Å²) in [6, 6.07) is 0.240. The average molecular weight is 222 g/mol. The standard InChI is InChI=1S/C12H18N2O2/c1-7(15)14-11-4-2-9-8(3-5-12(9)16)10(11)6-13-14/h6,8-9,11-13,16H,2-5H2,1H3. The van der Waals surface area contributed by atoms with Gasteiger partial charge in [0.2, 0.25) is 5.91 Å². The van der Waals surface area contributed by atoms with Crippen LogP contribution in [-0.2, 0) is 4.79 Å². The maximum Gasteiger partial charge on any atom is 0.238 e. The summed E-state index contributed by atoms with van der Waals surface area (Å²) in [5, 5.41) is 11.6.